The second-order valence-electron chi connectivity index (χ2n) is 4.04. The molecule has 1 aliphatic heterocycles. The molecule has 0 saturated carbocycles. The number of hydrazine groups is 1. The Hall–Kier alpha value is -1.95. The molecule has 1 amide bonds. The van der Waals surface area contributed by atoms with Crippen LogP contribution in [-0.2, 0) is 20.9 Å². The molecule has 1 aromatic rings. The summed E-state index contributed by atoms with van der Waals surface area (Å²) in [5, 5.41) is 0.731. The molecule has 1 aliphatic rings. The first kappa shape index (κ1) is 12.5. The minimum Gasteiger partial charge on any atom is -0.460 e. The highest BCUT2D eigenvalue weighted by Crippen LogP contribution is 2.25. The minimum absolute atomic E-state index is 0.0625. The van der Waals surface area contributed by atoms with Crippen LogP contribution >= 0.6 is 0 Å². The summed E-state index contributed by atoms with van der Waals surface area (Å²) in [5.74, 6) is 2.81. The Bertz CT molecular complexity index is 452. The maximum Gasteiger partial charge on any atom is 0.321 e. The van der Waals surface area contributed by atoms with Gasteiger partial charge in [0, 0.05) is 0 Å². The minimum atomic E-state index is -1.11. The van der Waals surface area contributed by atoms with Crippen LogP contribution in [0.3, 0.4) is 0 Å². The zero-order chi connectivity index (χ0) is 13.1. The lowest BCUT2D eigenvalue weighted by Crippen LogP contribution is -2.67. The number of esters is 1. The van der Waals surface area contributed by atoms with Crippen molar-refractivity contribution < 1.29 is 18.7 Å². The molecule has 2 atom stereocenters. The number of amides is 1. The van der Waals surface area contributed by atoms with Crippen molar-refractivity contribution in [3.05, 3.63) is 35.9 Å². The summed E-state index contributed by atoms with van der Waals surface area (Å²) in [6.45, 7) is -0.791. The van der Waals surface area contributed by atoms with Gasteiger partial charge >= 0.3 is 5.97 Å². The van der Waals surface area contributed by atoms with Gasteiger partial charge in [-0.25, -0.2) is 10.2 Å². The van der Waals surface area contributed by atoms with E-state index in [-0.39, 0.29) is 6.61 Å². The maximum atomic E-state index is 12.6. The number of rotatable bonds is 4. The molecule has 1 aromatic carbocycles. The molecule has 1 fully saturated rings. The number of β-lactam (4-membered cyclic amide) rings is 1. The van der Waals surface area contributed by atoms with E-state index in [1.54, 1.807) is 12.1 Å². The van der Waals surface area contributed by atoms with Crippen LogP contribution in [0.5, 0.6) is 0 Å². The van der Waals surface area contributed by atoms with Gasteiger partial charge in [-0.05, 0) is 5.56 Å². The Kier molecular flexibility index (Phi) is 3.57. The molecule has 0 aromatic heterocycles. The zero-order valence-corrected chi connectivity index (χ0v) is 9.58. The normalized spacial score (nSPS) is 22.6. The topological polar surface area (TPSA) is 72.6 Å². The van der Waals surface area contributed by atoms with Gasteiger partial charge in [0.15, 0.2) is 5.92 Å². The first-order valence-corrected chi connectivity index (χ1v) is 5.49. The summed E-state index contributed by atoms with van der Waals surface area (Å²) >= 11 is 0. The third-order valence-corrected chi connectivity index (χ3v) is 2.90. The number of benzene rings is 1. The van der Waals surface area contributed by atoms with Crippen molar-refractivity contribution in [3.63, 3.8) is 0 Å². The Morgan fingerprint density at radius 3 is 2.67 bits per heavy atom. The molecule has 0 bridgehead atoms. The van der Waals surface area contributed by atoms with Crippen LogP contribution in [0, 0.1) is 5.92 Å². The monoisotopic (exact) mass is 252 g/mol. The first-order valence-electron chi connectivity index (χ1n) is 5.49. The average Bonchev–Trinajstić information content (AvgIpc) is 2.42. The molecule has 0 spiro atoms. The molecule has 0 radical (unpaired) electrons. The molecule has 2 rings (SSSR count). The number of nitrogens with two attached hydrogens (primary N) is 1. The largest absolute Gasteiger partial charge is 0.460 e. The average molecular weight is 252 g/mol. The highest BCUT2D eigenvalue weighted by molar-refractivity contribution is 6.03. The quantitative estimate of drug-likeness (QED) is 0.277. The highest BCUT2D eigenvalue weighted by atomic mass is 19.1. The fraction of sp³-hybridized carbons (Fsp3) is 0.333. The molecule has 1 saturated heterocycles. The molecule has 18 heavy (non-hydrogen) atoms. The first-order chi connectivity index (χ1) is 8.65. The molecule has 96 valence electrons. The third kappa shape index (κ3) is 2.19. The van der Waals surface area contributed by atoms with Crippen molar-refractivity contribution in [2.45, 2.75) is 12.6 Å². The molecule has 5 nitrogen and oxygen atoms in total. The smallest absolute Gasteiger partial charge is 0.321 e. The van der Waals surface area contributed by atoms with Crippen LogP contribution in [0.25, 0.3) is 0 Å². The van der Waals surface area contributed by atoms with E-state index in [0.29, 0.717) is 0 Å². The van der Waals surface area contributed by atoms with E-state index >= 15 is 0 Å². The van der Waals surface area contributed by atoms with E-state index in [9.17, 15) is 14.0 Å². The second kappa shape index (κ2) is 5.14. The Labute approximate surface area is 103 Å². The van der Waals surface area contributed by atoms with Crippen LogP contribution in [0.1, 0.15) is 5.56 Å². The van der Waals surface area contributed by atoms with E-state index in [2.05, 4.69) is 0 Å². The summed E-state index contributed by atoms with van der Waals surface area (Å²) in [4.78, 5) is 22.9. The summed E-state index contributed by atoms with van der Waals surface area (Å²) in [5.41, 5.74) is 0.805. The Morgan fingerprint density at radius 1 is 1.39 bits per heavy atom. The lowest BCUT2D eigenvalue weighted by Gasteiger charge is -2.40. The Balaban J connectivity index is 1.91. The second-order valence-corrected chi connectivity index (χ2v) is 4.04. The van der Waals surface area contributed by atoms with Gasteiger partial charge in [-0.15, -0.1) is 0 Å². The van der Waals surface area contributed by atoms with Crippen molar-refractivity contribution in [2.75, 3.05) is 6.67 Å². The van der Waals surface area contributed by atoms with Crippen LogP contribution in [-0.4, -0.2) is 29.6 Å². The molecule has 2 N–H and O–H groups in total. The molecular weight excluding hydrogens is 239 g/mol. The molecule has 0 unspecified atom stereocenters. The number of carbonyl (C=O) groups excluding carboxylic acids is 2. The van der Waals surface area contributed by atoms with Crippen molar-refractivity contribution in [2.24, 2.45) is 11.8 Å². The van der Waals surface area contributed by atoms with Crippen molar-refractivity contribution >= 4 is 11.9 Å². The van der Waals surface area contributed by atoms with Gasteiger partial charge in [0.2, 0.25) is 0 Å². The zero-order valence-electron chi connectivity index (χ0n) is 9.58. The summed E-state index contributed by atoms with van der Waals surface area (Å²) in [7, 11) is 0. The summed E-state index contributed by atoms with van der Waals surface area (Å²) in [6.07, 6.45) is 0. The van der Waals surface area contributed by atoms with E-state index in [0.717, 1.165) is 10.6 Å². The standard InChI is InChI=1S/C12H13FN2O3/c13-6-9-10(11(16)15(9)14)12(17)18-7-8-4-2-1-3-5-8/h1-5,9-10H,6-7,14H2/t9-,10-/m0/s1. The van der Waals surface area contributed by atoms with Crippen molar-refractivity contribution in [1.82, 2.24) is 5.01 Å². The van der Waals surface area contributed by atoms with E-state index < -0.39 is 30.5 Å². The maximum absolute atomic E-state index is 12.6. The molecular formula is C12H13FN2O3. The number of alkyl halides is 1. The van der Waals surface area contributed by atoms with Crippen molar-refractivity contribution in [3.8, 4) is 0 Å². The SMILES string of the molecule is NN1C(=O)[C@@H](C(=O)OCc2ccccc2)[C@@H]1CF. The van der Waals surface area contributed by atoms with E-state index in [4.69, 9.17) is 10.6 Å². The predicted octanol–water partition coefficient (Wildman–Crippen LogP) is 0.400. The lowest BCUT2D eigenvalue weighted by atomic mass is 9.90. The fourth-order valence-corrected chi connectivity index (χ4v) is 1.81. The number of nitrogens with zero attached hydrogens (tertiary/aromatic N) is 1. The summed E-state index contributed by atoms with van der Waals surface area (Å²) in [6, 6.07) is 8.13. The lowest BCUT2D eigenvalue weighted by molar-refractivity contribution is -0.175. The van der Waals surface area contributed by atoms with Gasteiger partial charge in [0.05, 0.1) is 6.04 Å². The van der Waals surface area contributed by atoms with Gasteiger partial charge in [-0.3, -0.25) is 14.6 Å². The number of hydrogen-bond donors (Lipinski definition) is 1. The number of halogens is 1. The van der Waals surface area contributed by atoms with Gasteiger partial charge in [-0.2, -0.15) is 0 Å². The van der Waals surface area contributed by atoms with Crippen molar-refractivity contribution in [1.29, 1.82) is 0 Å². The predicted molar refractivity (Wildman–Crippen MR) is 60.5 cm³/mol. The number of carbonyl (C=O) groups is 2. The Morgan fingerprint density at radius 2 is 2.06 bits per heavy atom. The van der Waals surface area contributed by atoms with Crippen LogP contribution in [0.4, 0.5) is 4.39 Å². The number of hydrogen-bond acceptors (Lipinski definition) is 4. The van der Waals surface area contributed by atoms with Crippen LogP contribution in [0.15, 0.2) is 30.3 Å². The molecule has 6 heteroatoms. The van der Waals surface area contributed by atoms with Gasteiger partial charge < -0.3 is 4.74 Å². The molecule has 0 aliphatic carbocycles. The van der Waals surface area contributed by atoms with Crippen LogP contribution in [0.2, 0.25) is 0 Å². The van der Waals surface area contributed by atoms with Gasteiger partial charge in [-0.1, -0.05) is 30.3 Å². The van der Waals surface area contributed by atoms with Crippen LogP contribution < -0.4 is 5.84 Å². The van der Waals surface area contributed by atoms with E-state index in [1.807, 2.05) is 18.2 Å². The molecule has 1 heterocycles. The van der Waals surface area contributed by atoms with Gasteiger partial charge in [0.25, 0.3) is 5.91 Å². The number of ether oxygens (including phenoxy) is 1. The third-order valence-electron chi connectivity index (χ3n) is 2.90. The summed E-state index contributed by atoms with van der Waals surface area (Å²) < 4.78 is 17.5. The fourth-order valence-electron chi connectivity index (χ4n) is 1.81. The van der Waals surface area contributed by atoms with E-state index in [1.165, 1.54) is 0 Å². The highest BCUT2D eigenvalue weighted by Gasteiger charge is 2.51. The van der Waals surface area contributed by atoms with Gasteiger partial charge in [0.1, 0.15) is 13.3 Å².